The molecule has 0 saturated carbocycles. The molecule has 0 spiro atoms. The first-order valence-electron chi connectivity index (χ1n) is 8.98. The van der Waals surface area contributed by atoms with Crippen molar-refractivity contribution in [1.29, 1.82) is 0 Å². The highest BCUT2D eigenvalue weighted by Gasteiger charge is 2.25. The summed E-state index contributed by atoms with van der Waals surface area (Å²) in [6, 6.07) is 17.5. The Morgan fingerprint density at radius 2 is 1.79 bits per heavy atom. The molecule has 1 saturated heterocycles. The van der Waals surface area contributed by atoms with E-state index in [1.165, 1.54) is 7.11 Å². The van der Waals surface area contributed by atoms with Crippen molar-refractivity contribution < 1.29 is 17.9 Å². The van der Waals surface area contributed by atoms with Crippen LogP contribution < -0.4 is 14.4 Å². The Bertz CT molecular complexity index is 1160. The van der Waals surface area contributed by atoms with E-state index < -0.39 is 10.0 Å². The highest BCUT2D eigenvalue weighted by Crippen LogP contribution is 2.34. The highest BCUT2D eigenvalue weighted by molar-refractivity contribution is 7.92. The maximum atomic E-state index is 12.8. The van der Waals surface area contributed by atoms with Gasteiger partial charge in [0.25, 0.3) is 10.0 Å². The topological polar surface area (TPSA) is 75.7 Å². The van der Waals surface area contributed by atoms with Crippen LogP contribution in [0.25, 0.3) is 10.8 Å². The summed E-state index contributed by atoms with van der Waals surface area (Å²) in [5, 5.41) is 1.83. The largest absolute Gasteiger partial charge is 0.494 e. The Balaban J connectivity index is 1.64. The molecular formula is C21H20N2O4S. The molecule has 0 radical (unpaired) electrons. The molecule has 0 atom stereocenters. The van der Waals surface area contributed by atoms with E-state index in [0.717, 1.165) is 17.2 Å². The van der Waals surface area contributed by atoms with Crippen LogP contribution in [0.1, 0.15) is 12.8 Å². The summed E-state index contributed by atoms with van der Waals surface area (Å²) < 4.78 is 33.6. The third-order valence-corrected chi connectivity index (χ3v) is 6.21. The van der Waals surface area contributed by atoms with Gasteiger partial charge < -0.3 is 9.64 Å². The van der Waals surface area contributed by atoms with Crippen LogP contribution in [0.4, 0.5) is 11.4 Å². The third-order valence-electron chi connectivity index (χ3n) is 4.83. The number of benzene rings is 3. The molecule has 7 heteroatoms. The molecule has 144 valence electrons. The van der Waals surface area contributed by atoms with E-state index in [0.29, 0.717) is 30.1 Å². The number of hydrogen-bond donors (Lipinski definition) is 1. The molecule has 6 nitrogen and oxygen atoms in total. The maximum absolute atomic E-state index is 12.8. The summed E-state index contributed by atoms with van der Waals surface area (Å²) in [7, 11) is -2.26. The van der Waals surface area contributed by atoms with Crippen molar-refractivity contribution in [3.8, 4) is 5.75 Å². The minimum Gasteiger partial charge on any atom is -0.494 e. The van der Waals surface area contributed by atoms with Crippen molar-refractivity contribution in [2.75, 3.05) is 23.3 Å². The summed E-state index contributed by atoms with van der Waals surface area (Å²) in [6.07, 6.45) is 1.32. The number of fused-ring (bicyclic) bond motifs is 1. The lowest BCUT2D eigenvalue weighted by molar-refractivity contribution is -0.117. The van der Waals surface area contributed by atoms with Crippen LogP contribution in [-0.2, 0) is 14.8 Å². The lowest BCUT2D eigenvalue weighted by Crippen LogP contribution is -2.24. The average molecular weight is 396 g/mol. The predicted molar refractivity (Wildman–Crippen MR) is 109 cm³/mol. The van der Waals surface area contributed by atoms with E-state index >= 15 is 0 Å². The predicted octanol–water partition coefficient (Wildman–Crippen LogP) is 3.78. The van der Waals surface area contributed by atoms with E-state index in [9.17, 15) is 13.2 Å². The van der Waals surface area contributed by atoms with Crippen molar-refractivity contribution in [3.63, 3.8) is 0 Å². The minimum absolute atomic E-state index is 0.0443. The van der Waals surface area contributed by atoms with Crippen LogP contribution in [0.2, 0.25) is 0 Å². The normalized spacial score (nSPS) is 14.5. The molecule has 1 fully saturated rings. The first-order chi connectivity index (χ1) is 13.5. The number of hydrogen-bond acceptors (Lipinski definition) is 4. The van der Waals surface area contributed by atoms with Crippen molar-refractivity contribution >= 4 is 38.1 Å². The van der Waals surface area contributed by atoms with Crippen LogP contribution in [0, 0.1) is 0 Å². The van der Waals surface area contributed by atoms with Gasteiger partial charge in [-0.3, -0.25) is 9.52 Å². The van der Waals surface area contributed by atoms with E-state index in [1.807, 2.05) is 24.3 Å². The number of carbonyl (C=O) groups excluding carboxylic acids is 1. The van der Waals surface area contributed by atoms with Gasteiger partial charge >= 0.3 is 0 Å². The Kier molecular flexibility index (Phi) is 4.68. The van der Waals surface area contributed by atoms with E-state index in [4.69, 9.17) is 4.74 Å². The molecule has 1 heterocycles. The summed E-state index contributed by atoms with van der Waals surface area (Å²) in [5.74, 6) is 0.497. The summed E-state index contributed by atoms with van der Waals surface area (Å²) in [5.41, 5.74) is 1.03. The summed E-state index contributed by atoms with van der Waals surface area (Å²) in [4.78, 5) is 13.9. The van der Waals surface area contributed by atoms with Crippen molar-refractivity contribution in [3.05, 3.63) is 60.7 Å². The Labute approximate surface area is 163 Å². The first-order valence-corrected chi connectivity index (χ1v) is 10.5. The van der Waals surface area contributed by atoms with Gasteiger partial charge in [0.1, 0.15) is 5.75 Å². The minimum atomic E-state index is -3.76. The number of anilines is 2. The van der Waals surface area contributed by atoms with Crippen LogP contribution in [0.15, 0.2) is 65.6 Å². The zero-order valence-electron chi connectivity index (χ0n) is 15.4. The van der Waals surface area contributed by atoms with Crippen LogP contribution in [-0.4, -0.2) is 28.0 Å². The van der Waals surface area contributed by atoms with Gasteiger partial charge in [-0.15, -0.1) is 0 Å². The number of nitrogens with zero attached hydrogens (tertiary/aromatic N) is 1. The number of amides is 1. The number of carbonyl (C=O) groups is 1. The zero-order chi connectivity index (χ0) is 19.7. The SMILES string of the molecule is COc1cc(NS(=O)(=O)c2ccc3ccccc3c2)ccc1N1CCCC1=O. The van der Waals surface area contributed by atoms with E-state index in [2.05, 4.69) is 4.72 Å². The standard InChI is InChI=1S/C21H20N2O4S/c1-27-20-14-17(9-11-19(20)23-12-4-7-21(23)24)22-28(25,26)18-10-8-15-5-2-3-6-16(15)13-18/h2-3,5-6,8-11,13-14,22H,4,7,12H2,1H3. The highest BCUT2D eigenvalue weighted by atomic mass is 32.2. The zero-order valence-corrected chi connectivity index (χ0v) is 16.2. The van der Waals surface area contributed by atoms with E-state index in [-0.39, 0.29) is 10.8 Å². The molecule has 3 aromatic rings. The van der Waals surface area contributed by atoms with Crippen molar-refractivity contribution in [2.24, 2.45) is 0 Å². The van der Waals surface area contributed by atoms with E-state index in [1.54, 1.807) is 41.3 Å². The van der Waals surface area contributed by atoms with Gasteiger partial charge in [-0.1, -0.05) is 30.3 Å². The molecule has 3 aromatic carbocycles. The molecule has 0 unspecified atom stereocenters. The summed E-state index contributed by atoms with van der Waals surface area (Å²) in [6.45, 7) is 0.636. The van der Waals surface area contributed by atoms with Gasteiger partial charge in [-0.25, -0.2) is 8.42 Å². The van der Waals surface area contributed by atoms with Gasteiger partial charge in [0.15, 0.2) is 0 Å². The molecule has 0 bridgehead atoms. The third kappa shape index (κ3) is 3.41. The molecule has 1 amide bonds. The lowest BCUT2D eigenvalue weighted by atomic mass is 10.1. The fourth-order valence-electron chi connectivity index (χ4n) is 3.42. The molecular weight excluding hydrogens is 376 g/mol. The van der Waals surface area contributed by atoms with Crippen LogP contribution >= 0.6 is 0 Å². The quantitative estimate of drug-likeness (QED) is 0.712. The number of rotatable bonds is 5. The van der Waals surface area contributed by atoms with Crippen LogP contribution in [0.3, 0.4) is 0 Å². The molecule has 1 aliphatic heterocycles. The van der Waals surface area contributed by atoms with Gasteiger partial charge in [0.2, 0.25) is 5.91 Å². The second kappa shape index (κ2) is 7.16. The van der Waals surface area contributed by atoms with Crippen molar-refractivity contribution in [1.82, 2.24) is 0 Å². The van der Waals surface area contributed by atoms with Gasteiger partial charge in [0.05, 0.1) is 23.4 Å². The Morgan fingerprint density at radius 3 is 2.50 bits per heavy atom. The molecule has 28 heavy (non-hydrogen) atoms. The molecule has 1 N–H and O–H groups in total. The molecule has 4 rings (SSSR count). The Morgan fingerprint density at radius 1 is 1.00 bits per heavy atom. The molecule has 0 aliphatic carbocycles. The fourth-order valence-corrected chi connectivity index (χ4v) is 4.50. The van der Waals surface area contributed by atoms with Gasteiger partial charge in [-0.2, -0.15) is 0 Å². The average Bonchev–Trinajstić information content (AvgIpc) is 3.13. The second-order valence-electron chi connectivity index (χ2n) is 6.65. The molecule has 1 aliphatic rings. The van der Waals surface area contributed by atoms with Gasteiger partial charge in [-0.05, 0) is 41.5 Å². The second-order valence-corrected chi connectivity index (χ2v) is 8.33. The fraction of sp³-hybridized carbons (Fsp3) is 0.190. The maximum Gasteiger partial charge on any atom is 0.261 e. The van der Waals surface area contributed by atoms with Crippen molar-refractivity contribution in [2.45, 2.75) is 17.7 Å². The number of nitrogens with one attached hydrogen (secondary N) is 1. The Hall–Kier alpha value is -3.06. The number of sulfonamides is 1. The molecule has 0 aromatic heterocycles. The summed E-state index contributed by atoms with van der Waals surface area (Å²) >= 11 is 0. The number of ether oxygens (including phenoxy) is 1. The monoisotopic (exact) mass is 396 g/mol. The first kappa shape index (κ1) is 18.3. The smallest absolute Gasteiger partial charge is 0.261 e. The van der Waals surface area contributed by atoms with Crippen LogP contribution in [0.5, 0.6) is 5.75 Å². The van der Waals surface area contributed by atoms with Gasteiger partial charge in [0, 0.05) is 19.0 Å². The number of methoxy groups -OCH3 is 1. The lowest BCUT2D eigenvalue weighted by Gasteiger charge is -2.20.